The zero-order valence-electron chi connectivity index (χ0n) is 36.3. The summed E-state index contributed by atoms with van der Waals surface area (Å²) in [4.78, 5) is 67.9. The number of nitrogens with two attached hydrogens (primary N) is 1. The fourth-order valence-corrected chi connectivity index (χ4v) is 9.06. The Balaban J connectivity index is 0.897. The third kappa shape index (κ3) is 9.93. The summed E-state index contributed by atoms with van der Waals surface area (Å²) < 4.78 is 11.6. The molecule has 5 amide bonds. The van der Waals surface area contributed by atoms with E-state index in [0.29, 0.717) is 0 Å². The minimum Gasteiger partial charge on any atom is -0.449 e. The van der Waals surface area contributed by atoms with Crippen LogP contribution in [0.2, 0.25) is 0 Å². The maximum Gasteiger partial charge on any atom is 0.407 e. The molecule has 0 bridgehead atoms. The highest BCUT2D eigenvalue weighted by Crippen LogP contribution is 2.45. The van der Waals surface area contributed by atoms with E-state index in [4.69, 9.17) is 15.2 Å². The molecule has 334 valence electrons. The molecule has 0 heterocycles. The number of rotatable bonds is 15. The highest BCUT2D eigenvalue weighted by Gasteiger charge is 2.32. The number of fused-ring (bicyclic) bond motifs is 6. The number of anilines is 2. The number of alkyl carbamates (subject to hydrolysis) is 2. The lowest BCUT2D eigenvalue weighted by molar-refractivity contribution is -0.118. The average Bonchev–Trinajstić information content (AvgIpc) is 3.85. The van der Waals surface area contributed by atoms with Crippen molar-refractivity contribution in [2.75, 3.05) is 23.8 Å². The van der Waals surface area contributed by atoms with Gasteiger partial charge in [-0.25, -0.2) is 9.59 Å². The van der Waals surface area contributed by atoms with E-state index in [1.807, 2.05) is 158 Å². The van der Waals surface area contributed by atoms with Gasteiger partial charge in [0.2, 0.25) is 17.7 Å². The molecule has 0 aromatic heterocycles. The lowest BCUT2D eigenvalue weighted by Crippen LogP contribution is -2.46. The summed E-state index contributed by atoms with van der Waals surface area (Å²) in [6, 6.07) is 52.3. The molecular formula is C55H47N5O7. The summed E-state index contributed by atoms with van der Waals surface area (Å²) >= 11 is 0. The van der Waals surface area contributed by atoms with Crippen LogP contribution in [0.5, 0.6) is 0 Å². The van der Waals surface area contributed by atoms with Crippen LogP contribution >= 0.6 is 0 Å². The van der Waals surface area contributed by atoms with Gasteiger partial charge in [0.25, 0.3) is 0 Å². The number of nitrogens with one attached hydrogen (secondary N) is 4. The third-order valence-corrected chi connectivity index (χ3v) is 12.2. The van der Waals surface area contributed by atoms with Gasteiger partial charge in [-0.05, 0) is 73.8 Å². The number of benzene rings is 7. The van der Waals surface area contributed by atoms with E-state index in [1.54, 1.807) is 0 Å². The van der Waals surface area contributed by atoms with E-state index in [0.717, 1.165) is 55.6 Å². The van der Waals surface area contributed by atoms with Gasteiger partial charge in [0.1, 0.15) is 25.3 Å². The van der Waals surface area contributed by atoms with E-state index in [1.165, 1.54) is 18.2 Å². The van der Waals surface area contributed by atoms with Gasteiger partial charge in [-0.2, -0.15) is 0 Å². The first-order valence-corrected chi connectivity index (χ1v) is 22.1. The van der Waals surface area contributed by atoms with Crippen LogP contribution in [0.15, 0.2) is 176 Å². The minimum absolute atomic E-state index is 0.0127. The summed E-state index contributed by atoms with van der Waals surface area (Å²) in [7, 11) is 0. The number of carbonyl (C=O) groups excluding carboxylic acids is 5. The molecule has 0 unspecified atom stereocenters. The lowest BCUT2D eigenvalue weighted by atomic mass is 9.98. The Kier molecular flexibility index (Phi) is 12.9. The van der Waals surface area contributed by atoms with Crippen molar-refractivity contribution in [3.8, 4) is 22.3 Å². The molecular weight excluding hydrogens is 843 g/mol. The van der Waals surface area contributed by atoms with Crippen molar-refractivity contribution < 1.29 is 33.4 Å². The van der Waals surface area contributed by atoms with Crippen molar-refractivity contribution in [1.29, 1.82) is 0 Å². The van der Waals surface area contributed by atoms with Gasteiger partial charge in [0, 0.05) is 41.6 Å². The van der Waals surface area contributed by atoms with Crippen molar-refractivity contribution in [2.24, 2.45) is 5.73 Å². The van der Waals surface area contributed by atoms with Gasteiger partial charge < -0.3 is 36.5 Å². The van der Waals surface area contributed by atoms with Crippen LogP contribution in [0.1, 0.15) is 55.6 Å². The van der Waals surface area contributed by atoms with Crippen LogP contribution in [0.4, 0.5) is 21.0 Å². The number of primary amides is 1. The van der Waals surface area contributed by atoms with Crippen molar-refractivity contribution in [2.45, 2.75) is 36.8 Å². The fourth-order valence-electron chi connectivity index (χ4n) is 9.06. The first-order chi connectivity index (χ1) is 32.7. The van der Waals surface area contributed by atoms with E-state index in [9.17, 15) is 24.0 Å². The Morgan fingerprint density at radius 1 is 0.448 bits per heavy atom. The summed E-state index contributed by atoms with van der Waals surface area (Å²) in [6.45, 7) is 0.0926. The molecule has 6 N–H and O–H groups in total. The minimum atomic E-state index is -1.12. The predicted octanol–water partition coefficient (Wildman–Crippen LogP) is 8.96. The summed E-state index contributed by atoms with van der Waals surface area (Å²) in [5, 5.41) is 11.1. The smallest absolute Gasteiger partial charge is 0.407 e. The Morgan fingerprint density at radius 3 is 1.12 bits per heavy atom. The van der Waals surface area contributed by atoms with Gasteiger partial charge in [-0.1, -0.05) is 158 Å². The van der Waals surface area contributed by atoms with Crippen LogP contribution in [-0.4, -0.2) is 55.2 Å². The topological polar surface area (TPSA) is 178 Å². The summed E-state index contributed by atoms with van der Waals surface area (Å²) in [6.07, 6.45) is -1.35. The highest BCUT2D eigenvalue weighted by molar-refractivity contribution is 6.03. The van der Waals surface area contributed by atoms with Crippen molar-refractivity contribution >= 4 is 41.3 Å². The first-order valence-electron chi connectivity index (χ1n) is 22.1. The first kappa shape index (κ1) is 43.7. The van der Waals surface area contributed by atoms with Crippen LogP contribution < -0.4 is 27.0 Å². The van der Waals surface area contributed by atoms with Gasteiger partial charge in [0.05, 0.1) is 0 Å². The molecule has 0 saturated carbocycles. The normalized spacial score (nSPS) is 13.1. The number of hydrogen-bond acceptors (Lipinski definition) is 7. The van der Waals surface area contributed by atoms with Crippen LogP contribution in [0.3, 0.4) is 0 Å². The highest BCUT2D eigenvalue weighted by atomic mass is 16.6. The largest absolute Gasteiger partial charge is 0.449 e. The Hall–Kier alpha value is -8.51. The van der Waals surface area contributed by atoms with E-state index in [-0.39, 0.29) is 54.8 Å². The van der Waals surface area contributed by atoms with Crippen LogP contribution in [0, 0.1) is 0 Å². The molecule has 2 aliphatic rings. The van der Waals surface area contributed by atoms with Gasteiger partial charge >= 0.3 is 12.2 Å². The van der Waals surface area contributed by atoms with E-state index >= 15 is 0 Å². The Morgan fingerprint density at radius 2 is 0.776 bits per heavy atom. The standard InChI is InChI=1S/C55H47N5O7/c56-51(61)36-29-37(57-52(62)49(27-34-15-3-1-4-16-34)59-54(64)66-32-47-43-23-11-7-19-39(43)40-20-8-12-24-44(40)47)31-38(30-36)58-53(63)50(28-35-17-5-2-6-18-35)60-55(65)67-33-48-45-25-13-9-21-41(45)42-22-10-14-26-46(42)48/h1-26,29-31,47-50H,27-28,32-33H2,(H2,56,61)(H,57,62)(H,58,63)(H,59,64)(H,60,65)/t49-,50-/m0/s1. The van der Waals surface area contributed by atoms with Gasteiger partial charge in [-0.3, -0.25) is 14.4 Å². The third-order valence-electron chi connectivity index (χ3n) is 12.2. The summed E-state index contributed by atoms with van der Waals surface area (Å²) in [5.41, 5.74) is 16.0. The predicted molar refractivity (Wildman–Crippen MR) is 256 cm³/mol. The molecule has 7 aromatic carbocycles. The monoisotopic (exact) mass is 889 g/mol. The molecule has 67 heavy (non-hydrogen) atoms. The summed E-state index contributed by atoms with van der Waals surface area (Å²) in [5.74, 6) is -2.43. The second-order valence-corrected chi connectivity index (χ2v) is 16.6. The van der Waals surface area contributed by atoms with Gasteiger partial charge in [0.15, 0.2) is 0 Å². The second-order valence-electron chi connectivity index (χ2n) is 16.6. The fraction of sp³-hybridized carbons (Fsp3) is 0.145. The van der Waals surface area contributed by atoms with Crippen molar-refractivity contribution in [3.05, 3.63) is 215 Å². The zero-order chi connectivity index (χ0) is 46.3. The Labute approximate surface area is 387 Å². The van der Waals surface area contributed by atoms with Crippen molar-refractivity contribution in [1.82, 2.24) is 10.6 Å². The molecule has 0 saturated heterocycles. The quantitative estimate of drug-likeness (QED) is 0.0682. The molecule has 9 rings (SSSR count). The number of ether oxygens (including phenoxy) is 2. The van der Waals surface area contributed by atoms with Gasteiger partial charge in [-0.15, -0.1) is 0 Å². The van der Waals surface area contributed by atoms with Crippen LogP contribution in [0.25, 0.3) is 22.3 Å². The maximum absolute atomic E-state index is 14.1. The lowest BCUT2D eigenvalue weighted by Gasteiger charge is -2.21. The van der Waals surface area contributed by atoms with Crippen molar-refractivity contribution in [3.63, 3.8) is 0 Å². The molecule has 12 nitrogen and oxygen atoms in total. The molecule has 0 spiro atoms. The van der Waals surface area contributed by atoms with E-state index in [2.05, 4.69) is 21.3 Å². The van der Waals surface area contributed by atoms with E-state index < -0.39 is 42.0 Å². The molecule has 0 fully saturated rings. The second kappa shape index (κ2) is 19.7. The molecule has 7 aromatic rings. The van der Waals surface area contributed by atoms with Crippen LogP contribution in [-0.2, 0) is 31.9 Å². The number of amides is 5. The number of hydrogen-bond donors (Lipinski definition) is 5. The Bertz CT molecular complexity index is 2700. The molecule has 0 radical (unpaired) electrons. The zero-order valence-corrected chi connectivity index (χ0v) is 36.3. The maximum atomic E-state index is 14.1. The SMILES string of the molecule is NC(=O)c1cc(NC(=O)[C@H](Cc2ccccc2)NC(=O)OCC2c3ccccc3-c3ccccc32)cc(NC(=O)[C@H](Cc2ccccc2)NC(=O)OCC2c3ccccc3-c3ccccc32)c1. The molecule has 2 aliphatic carbocycles. The average molecular weight is 890 g/mol. The molecule has 2 atom stereocenters. The molecule has 0 aliphatic heterocycles. The molecule has 12 heteroatoms. The number of carbonyl (C=O) groups is 5.